The molecule has 0 saturated carbocycles. The van der Waals surface area contributed by atoms with Crippen LogP contribution in [0.1, 0.15) is 324 Å². The van der Waals surface area contributed by atoms with E-state index >= 15 is 0 Å². The molecule has 4 unspecified atom stereocenters. The molecule has 110 heavy (non-hydrogen) atoms. The van der Waals surface area contributed by atoms with Crippen molar-refractivity contribution in [1.82, 2.24) is 10.6 Å². The number of ether oxygens (including phenoxy) is 8. The number of unbranched alkanes of at least 4 members (excludes halogenated alkanes) is 26. The third-order valence-corrected chi connectivity index (χ3v) is 20.8. The molecule has 0 aliphatic carbocycles. The number of hydrogen-bond donors (Lipinski definition) is 4. The summed E-state index contributed by atoms with van der Waals surface area (Å²) >= 11 is 0. The Bertz CT molecular complexity index is 2120. The second kappa shape index (κ2) is 82.3. The number of amides is 2. The number of nitrogens with two attached hydrogens (primary N) is 2. The average Bonchev–Trinajstić information content (AvgIpc) is 0.896. The van der Waals surface area contributed by atoms with Crippen molar-refractivity contribution in [3.8, 4) is 0 Å². The maximum Gasteiger partial charge on any atom is 0.475 e. The molecular weight excluding hydrogens is 1450 g/mol. The summed E-state index contributed by atoms with van der Waals surface area (Å²) in [5.41, 5.74) is 11.1. The molecule has 0 bridgehead atoms. The van der Waals surface area contributed by atoms with E-state index in [1.165, 1.54) is 102 Å². The number of methoxy groups -OCH3 is 2. The van der Waals surface area contributed by atoms with E-state index in [4.69, 9.17) is 76.5 Å². The Labute approximate surface area is 668 Å². The van der Waals surface area contributed by atoms with Crippen LogP contribution >= 0.6 is 15.6 Å². The van der Waals surface area contributed by atoms with E-state index in [0.29, 0.717) is 64.6 Å². The Morgan fingerprint density at radius 3 is 0.991 bits per heavy atom. The minimum absolute atomic E-state index is 0.00700. The monoisotopic (exact) mass is 1610 g/mol. The standard InChI is InChI=1S/2C42H81N2O10P/c2*1-6-10-13-16-17-18-19-22-25-28-42(46)54-40(27-24-21-15-12-8-3)34-41(45)44-38(36-53-55(47,51-31-9-4)52-33-30-43)35-49-32-29-39(50-37-48-5)26-23-20-14-11-7-2/h2*9,18-19,38-40H,4,6-8,10-17,20-37,43H2,1-3,5H3,(H,44,45)/b2*19-18-/t2*38?,39-,40-,55?/m11/s1. The van der Waals surface area contributed by atoms with Gasteiger partial charge in [0.25, 0.3) is 0 Å². The van der Waals surface area contributed by atoms with Gasteiger partial charge in [0.2, 0.25) is 11.8 Å². The number of carbonyl (C=O) groups excluding carboxylic acids is 4. The molecule has 0 aromatic carbocycles. The highest BCUT2D eigenvalue weighted by Gasteiger charge is 2.31. The van der Waals surface area contributed by atoms with Crippen LogP contribution in [0, 0.1) is 0 Å². The second-order valence-electron chi connectivity index (χ2n) is 28.4. The van der Waals surface area contributed by atoms with Crippen molar-refractivity contribution in [3.63, 3.8) is 0 Å². The SMILES string of the molecule is C=CCOP(=O)(OCCN)OCC(COCC[C@@H](CCCCCCC)OCOC)NC(=O)C[C@@H](CCCCCCC)OC(=O)CCC/C=C\CCCCCC.C=CCOP(=O)(OCCN)OCC(COCC[C@@H](CCCCCCC)OCOC)NC(=O)C[C@@H](CCCCCCC)OC(=O)CCC/C=C\CCCCCC. The summed E-state index contributed by atoms with van der Waals surface area (Å²) in [4.78, 5) is 52.8. The maximum atomic E-state index is 13.5. The Balaban J connectivity index is 0. The lowest BCUT2D eigenvalue weighted by molar-refractivity contribution is -0.152. The molecule has 648 valence electrons. The van der Waals surface area contributed by atoms with Crippen molar-refractivity contribution in [2.45, 2.75) is 361 Å². The van der Waals surface area contributed by atoms with Crippen LogP contribution in [0.25, 0.3) is 0 Å². The molecule has 0 aromatic heterocycles. The quantitative estimate of drug-likeness (QED) is 0.0145. The molecule has 2 amide bonds. The van der Waals surface area contributed by atoms with Crippen LogP contribution in [-0.4, -0.2) is 167 Å². The zero-order valence-corrected chi connectivity index (χ0v) is 72.4. The molecule has 0 rings (SSSR count). The lowest BCUT2D eigenvalue weighted by Crippen LogP contribution is -2.43. The molecule has 24 nitrogen and oxygen atoms in total. The molecule has 0 aliphatic rings. The molecule has 0 aromatic rings. The summed E-state index contributed by atoms with van der Waals surface area (Å²) in [6.45, 7) is 21.3. The van der Waals surface area contributed by atoms with Gasteiger partial charge in [0.1, 0.15) is 25.8 Å². The number of carbonyl (C=O) groups is 4. The average molecular weight is 1610 g/mol. The Morgan fingerprint density at radius 1 is 0.373 bits per heavy atom. The van der Waals surface area contributed by atoms with Crippen LogP contribution in [0.4, 0.5) is 0 Å². The summed E-state index contributed by atoms with van der Waals surface area (Å²) in [6.07, 6.45) is 52.4. The Hall–Kier alpha value is -3.26. The van der Waals surface area contributed by atoms with Crippen LogP contribution in [0.5, 0.6) is 0 Å². The van der Waals surface area contributed by atoms with E-state index < -0.39 is 39.9 Å². The van der Waals surface area contributed by atoms with Crippen LogP contribution < -0.4 is 22.1 Å². The third-order valence-electron chi connectivity index (χ3n) is 17.9. The van der Waals surface area contributed by atoms with E-state index in [-0.39, 0.29) is 128 Å². The number of rotatable bonds is 84. The van der Waals surface area contributed by atoms with Gasteiger partial charge in [0.15, 0.2) is 0 Å². The smallest absolute Gasteiger partial charge is 0.462 e. The van der Waals surface area contributed by atoms with Crippen molar-refractivity contribution >= 4 is 39.4 Å². The fourth-order valence-corrected chi connectivity index (χ4v) is 14.1. The molecule has 26 heteroatoms. The van der Waals surface area contributed by atoms with Gasteiger partial charge >= 0.3 is 27.6 Å². The van der Waals surface area contributed by atoms with E-state index in [9.17, 15) is 28.3 Å². The fourth-order valence-electron chi connectivity index (χ4n) is 11.7. The molecule has 0 saturated heterocycles. The topological polar surface area (TPSA) is 308 Å². The molecule has 0 aliphatic heterocycles. The minimum atomic E-state index is -4.00. The molecule has 0 heterocycles. The van der Waals surface area contributed by atoms with Gasteiger partial charge < -0.3 is 60.0 Å². The highest BCUT2D eigenvalue weighted by Crippen LogP contribution is 2.50. The van der Waals surface area contributed by atoms with E-state index in [0.717, 1.165) is 128 Å². The van der Waals surface area contributed by atoms with Crippen LogP contribution in [0.3, 0.4) is 0 Å². The molecule has 8 atom stereocenters. The van der Waals surface area contributed by atoms with Crippen LogP contribution in [0.2, 0.25) is 0 Å². The second-order valence-corrected chi connectivity index (χ2v) is 31.8. The van der Waals surface area contributed by atoms with Gasteiger partial charge in [0, 0.05) is 53.4 Å². The predicted octanol–water partition coefficient (Wildman–Crippen LogP) is 19.8. The highest BCUT2D eigenvalue weighted by atomic mass is 31.2. The lowest BCUT2D eigenvalue weighted by Gasteiger charge is -2.24. The van der Waals surface area contributed by atoms with Gasteiger partial charge in [-0.15, -0.1) is 13.2 Å². The lowest BCUT2D eigenvalue weighted by atomic mass is 10.1. The first-order valence-corrected chi connectivity index (χ1v) is 45.8. The largest absolute Gasteiger partial charge is 0.475 e. The molecule has 0 spiro atoms. The van der Waals surface area contributed by atoms with Gasteiger partial charge in [-0.25, -0.2) is 9.13 Å². The Morgan fingerprint density at radius 2 is 0.682 bits per heavy atom. The number of nitrogens with one attached hydrogen (secondary N) is 2. The maximum absolute atomic E-state index is 13.5. The first-order valence-electron chi connectivity index (χ1n) is 42.9. The predicted molar refractivity (Wildman–Crippen MR) is 444 cm³/mol. The third kappa shape index (κ3) is 72.4. The normalized spacial score (nSPS) is 14.4. The summed E-state index contributed by atoms with van der Waals surface area (Å²) in [6, 6.07) is -1.40. The van der Waals surface area contributed by atoms with Crippen molar-refractivity contribution in [2.24, 2.45) is 11.5 Å². The first kappa shape index (κ1) is 109. The fraction of sp³-hybridized carbons (Fsp3) is 0.857. The molecule has 6 N–H and O–H groups in total. The zero-order chi connectivity index (χ0) is 81.3. The number of phosphoric ester groups is 2. The van der Waals surface area contributed by atoms with Crippen molar-refractivity contribution in [3.05, 3.63) is 49.6 Å². The summed E-state index contributed by atoms with van der Waals surface area (Å²) in [7, 11) is -4.80. The summed E-state index contributed by atoms with van der Waals surface area (Å²) in [5, 5.41) is 5.92. The van der Waals surface area contributed by atoms with Gasteiger partial charge in [-0.05, 0) is 103 Å². The van der Waals surface area contributed by atoms with E-state index in [2.05, 4.69) is 89.6 Å². The van der Waals surface area contributed by atoms with Crippen LogP contribution in [-0.2, 0) is 93.3 Å². The van der Waals surface area contributed by atoms with Crippen molar-refractivity contribution in [1.29, 1.82) is 0 Å². The van der Waals surface area contributed by atoms with Gasteiger partial charge in [-0.2, -0.15) is 0 Å². The van der Waals surface area contributed by atoms with Crippen molar-refractivity contribution in [2.75, 3.05) is 107 Å². The van der Waals surface area contributed by atoms with Crippen LogP contribution in [0.15, 0.2) is 49.6 Å². The zero-order valence-electron chi connectivity index (χ0n) is 70.6. The number of allylic oxidation sites excluding steroid dienone is 4. The van der Waals surface area contributed by atoms with Gasteiger partial charge in [0.05, 0.1) is 90.0 Å². The number of phosphoric acid groups is 2. The van der Waals surface area contributed by atoms with Gasteiger partial charge in [-0.1, -0.05) is 232 Å². The molecule has 0 radical (unpaired) electrons. The summed E-state index contributed by atoms with van der Waals surface area (Å²) in [5.74, 6) is -1.24. The van der Waals surface area contributed by atoms with Gasteiger partial charge in [-0.3, -0.25) is 46.3 Å². The molecule has 0 fully saturated rings. The van der Waals surface area contributed by atoms with E-state index in [1.54, 1.807) is 14.2 Å². The van der Waals surface area contributed by atoms with E-state index in [1.807, 2.05) is 0 Å². The number of esters is 2. The number of hydrogen-bond acceptors (Lipinski definition) is 22. The minimum Gasteiger partial charge on any atom is -0.462 e. The highest BCUT2D eigenvalue weighted by molar-refractivity contribution is 7.48. The first-order chi connectivity index (χ1) is 53.5. The Kier molecular flexibility index (Phi) is 81.4. The summed E-state index contributed by atoms with van der Waals surface area (Å²) < 4.78 is 105. The molecular formula is C84H162N4O20P2. The van der Waals surface area contributed by atoms with Crippen molar-refractivity contribution < 1.29 is 93.3 Å².